The van der Waals surface area contributed by atoms with Gasteiger partial charge in [0, 0.05) is 17.8 Å². The van der Waals surface area contributed by atoms with E-state index in [9.17, 15) is 8.42 Å². The van der Waals surface area contributed by atoms with Crippen LogP contribution in [0.5, 0.6) is 0 Å². The van der Waals surface area contributed by atoms with Gasteiger partial charge in [-0.1, -0.05) is 12.1 Å². The molecule has 5 N–H and O–H groups in total. The number of aromatic nitrogens is 2. The summed E-state index contributed by atoms with van der Waals surface area (Å²) in [7, 11) is -3.63. The van der Waals surface area contributed by atoms with Crippen molar-refractivity contribution in [3.63, 3.8) is 0 Å². The van der Waals surface area contributed by atoms with Crippen molar-refractivity contribution in [1.29, 1.82) is 0 Å². The van der Waals surface area contributed by atoms with E-state index in [0.717, 1.165) is 11.3 Å². The lowest BCUT2D eigenvalue weighted by Gasteiger charge is -2.10. The number of nitrogens with zero attached hydrogens (tertiary/aromatic N) is 1. The highest BCUT2D eigenvalue weighted by atomic mass is 32.2. The van der Waals surface area contributed by atoms with Crippen molar-refractivity contribution >= 4 is 15.7 Å². The van der Waals surface area contributed by atoms with Gasteiger partial charge in [-0.25, -0.2) is 13.1 Å². The zero-order chi connectivity index (χ0) is 13.9. The average Bonchev–Trinajstić information content (AvgIpc) is 2.82. The van der Waals surface area contributed by atoms with Crippen molar-refractivity contribution in [3.05, 3.63) is 41.7 Å². The summed E-state index contributed by atoms with van der Waals surface area (Å²) in [5.74, 6) is 5.30. The van der Waals surface area contributed by atoms with Crippen molar-refractivity contribution in [2.75, 3.05) is 5.43 Å². The van der Waals surface area contributed by atoms with Gasteiger partial charge in [0.25, 0.3) is 0 Å². The summed E-state index contributed by atoms with van der Waals surface area (Å²) in [6.45, 7) is 2.00. The number of rotatable bonds is 5. The van der Waals surface area contributed by atoms with Gasteiger partial charge >= 0.3 is 0 Å². The summed E-state index contributed by atoms with van der Waals surface area (Å²) in [6.07, 6.45) is 1.59. The molecule has 0 radical (unpaired) electrons. The minimum Gasteiger partial charge on any atom is -0.323 e. The monoisotopic (exact) mass is 281 g/mol. The maximum atomic E-state index is 12.2. The smallest absolute Gasteiger partial charge is 0.242 e. The van der Waals surface area contributed by atoms with E-state index < -0.39 is 10.0 Å². The van der Waals surface area contributed by atoms with Crippen molar-refractivity contribution in [1.82, 2.24) is 14.9 Å². The summed E-state index contributed by atoms with van der Waals surface area (Å²) in [5.41, 5.74) is 4.33. The SMILES string of the molecule is Cc1[nH]ncc1CNS(=O)(=O)c1ccccc1NN. The van der Waals surface area contributed by atoms with Crippen LogP contribution in [0, 0.1) is 6.92 Å². The molecule has 2 aromatic rings. The Morgan fingerprint density at radius 3 is 2.74 bits per heavy atom. The Kier molecular flexibility index (Phi) is 3.84. The van der Waals surface area contributed by atoms with Gasteiger partial charge in [-0.05, 0) is 19.1 Å². The first kappa shape index (κ1) is 13.5. The number of aryl methyl sites for hydroxylation is 1. The molecular weight excluding hydrogens is 266 g/mol. The first-order valence-electron chi connectivity index (χ1n) is 5.59. The molecule has 1 aromatic carbocycles. The number of hydrazine groups is 1. The van der Waals surface area contributed by atoms with Crippen LogP contribution in [-0.2, 0) is 16.6 Å². The second kappa shape index (κ2) is 5.39. The molecular formula is C11H15N5O2S. The van der Waals surface area contributed by atoms with Crippen molar-refractivity contribution < 1.29 is 8.42 Å². The topological polar surface area (TPSA) is 113 Å². The first-order valence-corrected chi connectivity index (χ1v) is 7.07. The van der Waals surface area contributed by atoms with Gasteiger partial charge in [-0.3, -0.25) is 10.9 Å². The third-order valence-corrected chi connectivity index (χ3v) is 4.18. The van der Waals surface area contributed by atoms with E-state index >= 15 is 0 Å². The quantitative estimate of drug-likeness (QED) is 0.470. The molecule has 0 saturated carbocycles. The van der Waals surface area contributed by atoms with Crippen LogP contribution in [-0.4, -0.2) is 18.6 Å². The lowest BCUT2D eigenvalue weighted by atomic mass is 10.3. The van der Waals surface area contributed by atoms with Crippen LogP contribution in [0.1, 0.15) is 11.3 Å². The highest BCUT2D eigenvalue weighted by Crippen LogP contribution is 2.19. The number of benzene rings is 1. The highest BCUT2D eigenvalue weighted by molar-refractivity contribution is 7.89. The minimum absolute atomic E-state index is 0.110. The van der Waals surface area contributed by atoms with Crippen molar-refractivity contribution in [2.24, 2.45) is 5.84 Å². The zero-order valence-electron chi connectivity index (χ0n) is 10.3. The number of sulfonamides is 1. The number of hydrogen-bond donors (Lipinski definition) is 4. The highest BCUT2D eigenvalue weighted by Gasteiger charge is 2.18. The van der Waals surface area contributed by atoms with E-state index in [0.29, 0.717) is 5.69 Å². The van der Waals surface area contributed by atoms with Gasteiger partial charge in [0.15, 0.2) is 0 Å². The molecule has 2 rings (SSSR count). The fraction of sp³-hybridized carbons (Fsp3) is 0.182. The maximum Gasteiger partial charge on any atom is 0.242 e. The van der Waals surface area contributed by atoms with E-state index in [-0.39, 0.29) is 11.4 Å². The number of aromatic amines is 1. The molecule has 0 bridgehead atoms. The number of nitrogens with one attached hydrogen (secondary N) is 3. The molecule has 102 valence electrons. The molecule has 1 heterocycles. The van der Waals surface area contributed by atoms with Gasteiger partial charge in [0.1, 0.15) is 4.90 Å². The fourth-order valence-electron chi connectivity index (χ4n) is 1.62. The Bertz CT molecular complexity index is 665. The zero-order valence-corrected chi connectivity index (χ0v) is 11.2. The summed E-state index contributed by atoms with van der Waals surface area (Å²) in [4.78, 5) is 0.110. The van der Waals surface area contributed by atoms with Gasteiger partial charge in [-0.15, -0.1) is 0 Å². The van der Waals surface area contributed by atoms with Crippen LogP contribution in [0.25, 0.3) is 0 Å². The molecule has 0 amide bonds. The number of nitrogen functional groups attached to an aromatic ring is 1. The lowest BCUT2D eigenvalue weighted by Crippen LogP contribution is -2.25. The Labute approximate surface area is 111 Å². The van der Waals surface area contributed by atoms with Crippen molar-refractivity contribution in [2.45, 2.75) is 18.4 Å². The lowest BCUT2D eigenvalue weighted by molar-refractivity contribution is 0.581. The minimum atomic E-state index is -3.63. The molecule has 0 aliphatic carbocycles. The van der Waals surface area contributed by atoms with E-state index in [4.69, 9.17) is 5.84 Å². The summed E-state index contributed by atoms with van der Waals surface area (Å²) >= 11 is 0. The predicted octanol–water partition coefficient (Wildman–Crippen LogP) is 0.482. The predicted molar refractivity (Wildman–Crippen MR) is 71.6 cm³/mol. The number of H-pyrrole nitrogens is 1. The number of hydrogen-bond acceptors (Lipinski definition) is 5. The molecule has 1 aromatic heterocycles. The van der Waals surface area contributed by atoms with Gasteiger partial charge in [0.05, 0.1) is 11.9 Å². The van der Waals surface area contributed by atoms with Gasteiger partial charge in [0.2, 0.25) is 10.0 Å². The summed E-state index contributed by atoms with van der Waals surface area (Å²) < 4.78 is 26.9. The molecule has 0 unspecified atom stereocenters. The van der Waals surface area contributed by atoms with Crippen LogP contribution >= 0.6 is 0 Å². The molecule has 0 fully saturated rings. The van der Waals surface area contributed by atoms with Crippen LogP contribution in [0.15, 0.2) is 35.4 Å². The molecule has 0 aliphatic rings. The van der Waals surface area contributed by atoms with E-state index in [1.165, 1.54) is 6.07 Å². The second-order valence-electron chi connectivity index (χ2n) is 3.99. The normalized spacial score (nSPS) is 11.5. The fourth-order valence-corrected chi connectivity index (χ4v) is 2.80. The third-order valence-electron chi connectivity index (χ3n) is 2.72. The van der Waals surface area contributed by atoms with Crippen LogP contribution < -0.4 is 16.0 Å². The van der Waals surface area contributed by atoms with Gasteiger partial charge in [-0.2, -0.15) is 5.10 Å². The maximum absolute atomic E-state index is 12.2. The molecule has 8 heteroatoms. The Hall–Kier alpha value is -1.90. The molecule has 19 heavy (non-hydrogen) atoms. The number of nitrogens with two attached hydrogens (primary N) is 1. The summed E-state index contributed by atoms with van der Waals surface area (Å²) in [5, 5.41) is 6.59. The summed E-state index contributed by atoms with van der Waals surface area (Å²) in [6, 6.07) is 6.42. The van der Waals surface area contributed by atoms with Crippen LogP contribution in [0.3, 0.4) is 0 Å². The van der Waals surface area contributed by atoms with Gasteiger partial charge < -0.3 is 5.43 Å². The Morgan fingerprint density at radius 2 is 2.11 bits per heavy atom. The molecule has 0 atom stereocenters. The second-order valence-corrected chi connectivity index (χ2v) is 5.72. The largest absolute Gasteiger partial charge is 0.323 e. The van der Waals surface area contributed by atoms with Crippen molar-refractivity contribution in [3.8, 4) is 0 Å². The van der Waals surface area contributed by atoms with Crippen LogP contribution in [0.4, 0.5) is 5.69 Å². The first-order chi connectivity index (χ1) is 9.04. The van der Waals surface area contributed by atoms with E-state index in [1.807, 2.05) is 6.92 Å². The average molecular weight is 281 g/mol. The molecule has 0 saturated heterocycles. The number of anilines is 1. The molecule has 0 spiro atoms. The van der Waals surface area contributed by atoms with Crippen LogP contribution in [0.2, 0.25) is 0 Å². The Balaban J connectivity index is 2.21. The van der Waals surface area contributed by atoms with E-state index in [1.54, 1.807) is 24.4 Å². The number of para-hydroxylation sites is 1. The third kappa shape index (κ3) is 2.92. The Morgan fingerprint density at radius 1 is 1.37 bits per heavy atom. The van der Waals surface area contributed by atoms with E-state index in [2.05, 4.69) is 20.3 Å². The molecule has 0 aliphatic heterocycles. The molecule has 7 nitrogen and oxygen atoms in total. The standard InChI is InChI=1S/C11H15N5O2S/c1-8-9(6-13-16-8)7-14-19(17,18)11-5-3-2-4-10(11)15-12/h2-6,14-15H,7,12H2,1H3,(H,13,16).